The maximum Gasteiger partial charge on any atom is 0.416 e. The van der Waals surface area contributed by atoms with Gasteiger partial charge in [0.25, 0.3) is 0 Å². The quantitative estimate of drug-likeness (QED) is 0.763. The molecule has 1 heterocycles. The molecule has 1 aromatic carbocycles. The third-order valence-electron chi connectivity index (χ3n) is 4.25. The summed E-state index contributed by atoms with van der Waals surface area (Å²) in [6.07, 6.45) is -3.62. The maximum atomic E-state index is 13.1. The number of nitrogens with two attached hydrogens (primary N) is 1. The van der Waals surface area contributed by atoms with Crippen LogP contribution in [0.15, 0.2) is 24.3 Å². The molecule has 10 heteroatoms. The van der Waals surface area contributed by atoms with Crippen molar-refractivity contribution < 1.29 is 26.4 Å². The zero-order chi connectivity index (χ0) is 19.4. The first-order valence-electron chi connectivity index (χ1n) is 8.26. The molecule has 0 saturated carbocycles. The van der Waals surface area contributed by atoms with Crippen LogP contribution in [0.25, 0.3) is 0 Å². The fourth-order valence-corrected chi connectivity index (χ4v) is 4.60. The molecule has 0 radical (unpaired) electrons. The van der Waals surface area contributed by atoms with Crippen molar-refractivity contribution in [1.29, 1.82) is 0 Å². The highest BCUT2D eigenvalue weighted by Gasteiger charge is 2.36. The van der Waals surface area contributed by atoms with Crippen LogP contribution in [0.1, 0.15) is 24.0 Å². The predicted octanol–water partition coefficient (Wildman–Crippen LogP) is 1.32. The topological polar surface area (TPSA) is 92.5 Å². The van der Waals surface area contributed by atoms with Gasteiger partial charge in [0.15, 0.2) is 0 Å². The van der Waals surface area contributed by atoms with Gasteiger partial charge in [-0.2, -0.15) is 13.2 Å². The summed E-state index contributed by atoms with van der Waals surface area (Å²) >= 11 is 0. The summed E-state index contributed by atoms with van der Waals surface area (Å²) in [4.78, 5) is 12.0. The van der Waals surface area contributed by atoms with E-state index in [0.717, 1.165) is 16.4 Å². The van der Waals surface area contributed by atoms with Crippen molar-refractivity contribution in [2.24, 2.45) is 11.7 Å². The summed E-state index contributed by atoms with van der Waals surface area (Å²) in [5.74, 6) is -1.56. The van der Waals surface area contributed by atoms with Crippen LogP contribution >= 0.6 is 0 Å². The average molecular weight is 393 g/mol. The summed E-state index contributed by atoms with van der Waals surface area (Å²) in [6, 6.07) is 4.62. The molecule has 0 aromatic heterocycles. The summed E-state index contributed by atoms with van der Waals surface area (Å²) in [6.45, 7) is 0.722. The molecule has 1 fully saturated rings. The van der Waals surface area contributed by atoms with Gasteiger partial charge in [0.05, 0.1) is 17.2 Å². The van der Waals surface area contributed by atoms with Crippen molar-refractivity contribution in [3.8, 4) is 0 Å². The van der Waals surface area contributed by atoms with Gasteiger partial charge in [-0.25, -0.2) is 12.7 Å². The highest BCUT2D eigenvalue weighted by atomic mass is 32.2. The predicted molar refractivity (Wildman–Crippen MR) is 90.4 cm³/mol. The number of hydrogen-bond donors (Lipinski definition) is 2. The van der Waals surface area contributed by atoms with Gasteiger partial charge in [0.2, 0.25) is 15.9 Å². The zero-order valence-corrected chi connectivity index (χ0v) is 14.9. The standard InChI is InChI=1S/C16H22F3N3O3S/c17-16(18,19)14-6-2-1-4-13(14)11-26(24,25)22-9-3-5-12(10-22)15(23)21-8-7-20/h1-2,4,6,12H,3,5,7-11,20H2,(H,21,23). The fourth-order valence-electron chi connectivity index (χ4n) is 2.96. The van der Waals surface area contributed by atoms with Gasteiger partial charge in [-0.1, -0.05) is 18.2 Å². The lowest BCUT2D eigenvalue weighted by Gasteiger charge is -2.31. The van der Waals surface area contributed by atoms with Gasteiger partial charge in [0, 0.05) is 26.2 Å². The summed E-state index contributed by atoms with van der Waals surface area (Å²) in [5, 5.41) is 2.62. The highest BCUT2D eigenvalue weighted by Crippen LogP contribution is 2.33. The Morgan fingerprint density at radius 3 is 2.65 bits per heavy atom. The van der Waals surface area contributed by atoms with Crippen LogP contribution in [-0.2, 0) is 26.7 Å². The van der Waals surface area contributed by atoms with Crippen molar-refractivity contribution in [2.75, 3.05) is 26.2 Å². The Bertz CT molecular complexity index is 738. The molecule has 3 N–H and O–H groups in total. The first-order valence-corrected chi connectivity index (χ1v) is 9.87. The summed E-state index contributed by atoms with van der Waals surface area (Å²) < 4.78 is 65.6. The number of carbonyl (C=O) groups is 1. The van der Waals surface area contributed by atoms with E-state index in [2.05, 4.69) is 5.32 Å². The minimum atomic E-state index is -4.63. The minimum Gasteiger partial charge on any atom is -0.355 e. The van der Waals surface area contributed by atoms with Crippen molar-refractivity contribution in [3.63, 3.8) is 0 Å². The van der Waals surface area contributed by atoms with E-state index >= 15 is 0 Å². The van der Waals surface area contributed by atoms with E-state index < -0.39 is 33.4 Å². The number of nitrogens with zero attached hydrogens (tertiary/aromatic N) is 1. The highest BCUT2D eigenvalue weighted by molar-refractivity contribution is 7.88. The second-order valence-electron chi connectivity index (χ2n) is 6.19. The minimum absolute atomic E-state index is 0.0348. The first kappa shape index (κ1) is 20.7. The Balaban J connectivity index is 2.14. The molecule has 0 bridgehead atoms. The van der Waals surface area contributed by atoms with Crippen LogP contribution in [0, 0.1) is 5.92 Å². The molecule has 1 aliphatic heterocycles. The van der Waals surface area contributed by atoms with E-state index in [0.29, 0.717) is 19.4 Å². The van der Waals surface area contributed by atoms with E-state index in [1.165, 1.54) is 12.1 Å². The van der Waals surface area contributed by atoms with Crippen LogP contribution in [0.3, 0.4) is 0 Å². The van der Waals surface area contributed by atoms with Gasteiger partial charge >= 0.3 is 6.18 Å². The number of benzene rings is 1. The molecule has 0 spiro atoms. The van der Waals surface area contributed by atoms with E-state index in [1.807, 2.05) is 0 Å². The van der Waals surface area contributed by atoms with Crippen molar-refractivity contribution >= 4 is 15.9 Å². The van der Waals surface area contributed by atoms with Crippen LogP contribution in [0.4, 0.5) is 13.2 Å². The number of rotatable bonds is 6. The van der Waals surface area contributed by atoms with Gasteiger partial charge < -0.3 is 11.1 Å². The lowest BCUT2D eigenvalue weighted by Crippen LogP contribution is -2.46. The number of alkyl halides is 3. The third-order valence-corrected chi connectivity index (χ3v) is 6.05. The molecule has 1 aliphatic rings. The zero-order valence-electron chi connectivity index (χ0n) is 14.1. The third kappa shape index (κ3) is 5.18. The molecule has 2 rings (SSSR count). The number of sulfonamides is 1. The van der Waals surface area contributed by atoms with Crippen LogP contribution in [0.5, 0.6) is 0 Å². The Kier molecular flexibility index (Phi) is 6.64. The Morgan fingerprint density at radius 2 is 2.00 bits per heavy atom. The fraction of sp³-hybridized carbons (Fsp3) is 0.562. The van der Waals surface area contributed by atoms with Crippen molar-refractivity contribution in [1.82, 2.24) is 9.62 Å². The van der Waals surface area contributed by atoms with Gasteiger partial charge in [-0.05, 0) is 24.5 Å². The molecule has 1 amide bonds. The number of piperidine rings is 1. The lowest BCUT2D eigenvalue weighted by atomic mass is 9.99. The van der Waals surface area contributed by atoms with Gasteiger partial charge in [-0.15, -0.1) is 0 Å². The number of carbonyl (C=O) groups excluding carboxylic acids is 1. The van der Waals surface area contributed by atoms with E-state index in [4.69, 9.17) is 5.73 Å². The molecule has 146 valence electrons. The first-order chi connectivity index (χ1) is 12.1. The van der Waals surface area contributed by atoms with Crippen LogP contribution < -0.4 is 11.1 Å². The molecule has 1 aromatic rings. The molecule has 6 nitrogen and oxygen atoms in total. The second-order valence-corrected chi connectivity index (χ2v) is 8.16. The summed E-state index contributed by atoms with van der Waals surface area (Å²) in [5.41, 5.74) is 4.07. The average Bonchev–Trinajstić information content (AvgIpc) is 2.59. The number of amides is 1. The normalized spacial score (nSPS) is 19.3. The van der Waals surface area contributed by atoms with E-state index in [1.54, 1.807) is 0 Å². The number of nitrogens with one attached hydrogen (secondary N) is 1. The second kappa shape index (κ2) is 8.36. The van der Waals surface area contributed by atoms with E-state index in [-0.39, 0.29) is 31.1 Å². The smallest absolute Gasteiger partial charge is 0.355 e. The van der Waals surface area contributed by atoms with Crippen LogP contribution in [-0.4, -0.2) is 44.8 Å². The van der Waals surface area contributed by atoms with Crippen molar-refractivity contribution in [2.45, 2.75) is 24.8 Å². The molecular weight excluding hydrogens is 371 g/mol. The molecule has 1 unspecified atom stereocenters. The largest absolute Gasteiger partial charge is 0.416 e. The van der Waals surface area contributed by atoms with Gasteiger partial charge in [-0.3, -0.25) is 4.79 Å². The molecule has 0 aliphatic carbocycles. The van der Waals surface area contributed by atoms with E-state index in [9.17, 15) is 26.4 Å². The number of halogens is 3. The lowest BCUT2D eigenvalue weighted by molar-refractivity contribution is -0.138. The summed E-state index contributed by atoms with van der Waals surface area (Å²) in [7, 11) is -3.98. The Hall–Kier alpha value is -1.65. The maximum absolute atomic E-state index is 13.1. The molecule has 1 atom stereocenters. The SMILES string of the molecule is NCCNC(=O)C1CCCN(S(=O)(=O)Cc2ccccc2C(F)(F)F)C1. The monoisotopic (exact) mass is 393 g/mol. The number of hydrogen-bond acceptors (Lipinski definition) is 4. The molecule has 1 saturated heterocycles. The molecule has 26 heavy (non-hydrogen) atoms. The Labute approximate surface area is 150 Å². The Morgan fingerprint density at radius 1 is 1.31 bits per heavy atom. The van der Waals surface area contributed by atoms with Gasteiger partial charge in [0.1, 0.15) is 0 Å². The van der Waals surface area contributed by atoms with Crippen LogP contribution in [0.2, 0.25) is 0 Å². The molecular formula is C16H22F3N3O3S. The van der Waals surface area contributed by atoms with Crippen molar-refractivity contribution in [3.05, 3.63) is 35.4 Å².